The van der Waals surface area contributed by atoms with Crippen LogP contribution in [-0.2, 0) is 11.2 Å². The summed E-state index contributed by atoms with van der Waals surface area (Å²) in [6.07, 6.45) is 1.03. The van der Waals surface area contributed by atoms with Crippen LogP contribution in [0.3, 0.4) is 0 Å². The van der Waals surface area contributed by atoms with Gasteiger partial charge >= 0.3 is 0 Å². The van der Waals surface area contributed by atoms with Crippen molar-refractivity contribution in [2.24, 2.45) is 0 Å². The Labute approximate surface area is 95.8 Å². The third kappa shape index (κ3) is 3.20. The molecule has 0 aliphatic carbocycles. The van der Waals surface area contributed by atoms with Gasteiger partial charge in [-0.2, -0.15) is 0 Å². The van der Waals surface area contributed by atoms with Crippen LogP contribution in [0.2, 0.25) is 5.02 Å². The Bertz CT molecular complexity index is 310. The van der Waals surface area contributed by atoms with Crippen molar-refractivity contribution in [1.82, 2.24) is 4.90 Å². The van der Waals surface area contributed by atoms with Crippen molar-refractivity contribution < 1.29 is 4.74 Å². The molecule has 1 aliphatic heterocycles. The average molecular weight is 226 g/mol. The van der Waals surface area contributed by atoms with E-state index in [-0.39, 0.29) is 0 Å². The lowest BCUT2D eigenvalue weighted by molar-refractivity contribution is 0.0384. The van der Waals surface area contributed by atoms with Gasteiger partial charge in [-0.1, -0.05) is 29.8 Å². The minimum absolute atomic E-state index is 0.864. The summed E-state index contributed by atoms with van der Waals surface area (Å²) in [5, 5.41) is 0.880. The number of morpholine rings is 1. The van der Waals surface area contributed by atoms with Crippen molar-refractivity contribution in [3.05, 3.63) is 34.9 Å². The van der Waals surface area contributed by atoms with Crippen LogP contribution in [0.15, 0.2) is 24.3 Å². The van der Waals surface area contributed by atoms with E-state index in [2.05, 4.69) is 11.0 Å². The number of hydrogen-bond acceptors (Lipinski definition) is 2. The first-order valence-electron chi connectivity index (χ1n) is 5.40. The molecule has 1 heterocycles. The highest BCUT2D eigenvalue weighted by Crippen LogP contribution is 2.15. The molecule has 0 N–H and O–H groups in total. The average Bonchev–Trinajstić information content (AvgIpc) is 2.29. The predicted octanol–water partition coefficient (Wildman–Crippen LogP) is 2.21. The maximum Gasteiger partial charge on any atom is 0.0594 e. The van der Waals surface area contributed by atoms with Crippen molar-refractivity contribution in [3.8, 4) is 0 Å². The van der Waals surface area contributed by atoms with Crippen LogP contribution >= 0.6 is 11.6 Å². The first-order valence-corrected chi connectivity index (χ1v) is 5.77. The minimum Gasteiger partial charge on any atom is -0.379 e. The zero-order valence-corrected chi connectivity index (χ0v) is 9.54. The summed E-state index contributed by atoms with van der Waals surface area (Å²) in [5.74, 6) is 0. The smallest absolute Gasteiger partial charge is 0.0594 e. The first-order chi connectivity index (χ1) is 7.36. The Kier molecular flexibility index (Phi) is 4.01. The SMILES string of the molecule is Clc1ccccc1CCN1CCOCC1. The standard InChI is InChI=1S/C12H16ClNO/c13-12-4-2-1-3-11(12)5-6-14-7-9-15-10-8-14/h1-4H,5-10H2. The van der Waals surface area contributed by atoms with E-state index in [1.807, 2.05) is 18.2 Å². The molecule has 0 saturated carbocycles. The normalized spacial score (nSPS) is 17.9. The lowest BCUT2D eigenvalue weighted by Crippen LogP contribution is -2.37. The Morgan fingerprint density at radius 1 is 1.20 bits per heavy atom. The second-order valence-corrected chi connectivity index (χ2v) is 4.20. The highest BCUT2D eigenvalue weighted by Gasteiger charge is 2.10. The van der Waals surface area contributed by atoms with Crippen LogP contribution in [0.25, 0.3) is 0 Å². The summed E-state index contributed by atoms with van der Waals surface area (Å²) in [5.41, 5.74) is 1.24. The Morgan fingerprint density at radius 3 is 2.67 bits per heavy atom. The summed E-state index contributed by atoms with van der Waals surface area (Å²) >= 11 is 6.10. The maximum atomic E-state index is 6.10. The summed E-state index contributed by atoms with van der Waals surface area (Å²) in [6, 6.07) is 8.07. The van der Waals surface area contributed by atoms with Crippen LogP contribution in [0.4, 0.5) is 0 Å². The lowest BCUT2D eigenvalue weighted by atomic mass is 10.1. The molecule has 1 aromatic rings. The second-order valence-electron chi connectivity index (χ2n) is 3.80. The van der Waals surface area contributed by atoms with E-state index < -0.39 is 0 Å². The van der Waals surface area contributed by atoms with Gasteiger partial charge in [-0.15, -0.1) is 0 Å². The Hall–Kier alpha value is -0.570. The fourth-order valence-electron chi connectivity index (χ4n) is 1.80. The van der Waals surface area contributed by atoms with Gasteiger partial charge in [-0.3, -0.25) is 4.90 Å². The molecule has 82 valence electrons. The van der Waals surface area contributed by atoms with Crippen molar-refractivity contribution in [1.29, 1.82) is 0 Å². The van der Waals surface area contributed by atoms with Gasteiger partial charge in [0, 0.05) is 24.7 Å². The van der Waals surface area contributed by atoms with Crippen LogP contribution in [0, 0.1) is 0 Å². The molecule has 1 aromatic carbocycles. The molecule has 1 aliphatic rings. The molecule has 0 bridgehead atoms. The van der Waals surface area contributed by atoms with Gasteiger partial charge in [0.1, 0.15) is 0 Å². The molecule has 15 heavy (non-hydrogen) atoms. The van der Waals surface area contributed by atoms with Crippen LogP contribution in [0.5, 0.6) is 0 Å². The van der Waals surface area contributed by atoms with Crippen molar-refractivity contribution in [3.63, 3.8) is 0 Å². The number of ether oxygens (including phenoxy) is 1. The van der Waals surface area contributed by atoms with Gasteiger partial charge in [0.2, 0.25) is 0 Å². The fourth-order valence-corrected chi connectivity index (χ4v) is 2.03. The van der Waals surface area contributed by atoms with Gasteiger partial charge in [-0.25, -0.2) is 0 Å². The van der Waals surface area contributed by atoms with E-state index in [0.717, 1.165) is 44.3 Å². The van der Waals surface area contributed by atoms with E-state index in [9.17, 15) is 0 Å². The van der Waals surface area contributed by atoms with E-state index in [0.29, 0.717) is 0 Å². The Balaban J connectivity index is 1.84. The number of benzene rings is 1. The monoisotopic (exact) mass is 225 g/mol. The molecule has 0 unspecified atom stereocenters. The molecule has 0 aromatic heterocycles. The second kappa shape index (κ2) is 5.50. The van der Waals surface area contributed by atoms with Crippen molar-refractivity contribution >= 4 is 11.6 Å². The third-order valence-electron chi connectivity index (χ3n) is 2.76. The summed E-state index contributed by atoms with van der Waals surface area (Å²) in [6.45, 7) is 4.90. The molecule has 0 amide bonds. The van der Waals surface area contributed by atoms with E-state index in [1.165, 1.54) is 5.56 Å². The molecule has 1 fully saturated rings. The topological polar surface area (TPSA) is 12.5 Å². The highest BCUT2D eigenvalue weighted by molar-refractivity contribution is 6.31. The predicted molar refractivity (Wildman–Crippen MR) is 62.4 cm³/mol. The number of hydrogen-bond donors (Lipinski definition) is 0. The minimum atomic E-state index is 0.864. The number of halogens is 1. The molecule has 2 rings (SSSR count). The molecular weight excluding hydrogens is 210 g/mol. The van der Waals surface area contributed by atoms with Gasteiger partial charge in [0.25, 0.3) is 0 Å². The molecule has 0 atom stereocenters. The quantitative estimate of drug-likeness (QED) is 0.782. The van der Waals surface area contributed by atoms with Crippen LogP contribution in [0.1, 0.15) is 5.56 Å². The highest BCUT2D eigenvalue weighted by atomic mass is 35.5. The van der Waals surface area contributed by atoms with Crippen LogP contribution in [-0.4, -0.2) is 37.7 Å². The van der Waals surface area contributed by atoms with Gasteiger partial charge in [0.05, 0.1) is 13.2 Å². The van der Waals surface area contributed by atoms with Crippen molar-refractivity contribution in [2.75, 3.05) is 32.8 Å². The lowest BCUT2D eigenvalue weighted by Gasteiger charge is -2.26. The van der Waals surface area contributed by atoms with E-state index in [1.54, 1.807) is 0 Å². The van der Waals surface area contributed by atoms with Crippen LogP contribution < -0.4 is 0 Å². The van der Waals surface area contributed by atoms with Gasteiger partial charge in [0.15, 0.2) is 0 Å². The largest absolute Gasteiger partial charge is 0.379 e. The van der Waals surface area contributed by atoms with E-state index >= 15 is 0 Å². The molecule has 1 saturated heterocycles. The van der Waals surface area contributed by atoms with Gasteiger partial charge in [-0.05, 0) is 18.1 Å². The summed E-state index contributed by atoms with van der Waals surface area (Å²) in [4.78, 5) is 2.42. The number of rotatable bonds is 3. The molecule has 2 nitrogen and oxygen atoms in total. The zero-order chi connectivity index (χ0) is 10.5. The summed E-state index contributed by atoms with van der Waals surface area (Å²) in [7, 11) is 0. The number of nitrogens with zero attached hydrogens (tertiary/aromatic N) is 1. The first kappa shape index (κ1) is 10.9. The summed E-state index contributed by atoms with van der Waals surface area (Å²) < 4.78 is 5.31. The maximum absolute atomic E-state index is 6.10. The van der Waals surface area contributed by atoms with Gasteiger partial charge < -0.3 is 4.74 Å². The third-order valence-corrected chi connectivity index (χ3v) is 3.13. The molecular formula is C12H16ClNO. The zero-order valence-electron chi connectivity index (χ0n) is 8.79. The Morgan fingerprint density at radius 2 is 1.93 bits per heavy atom. The van der Waals surface area contributed by atoms with E-state index in [4.69, 9.17) is 16.3 Å². The molecule has 3 heteroatoms. The molecule has 0 spiro atoms. The fraction of sp³-hybridized carbons (Fsp3) is 0.500. The molecule has 0 radical (unpaired) electrons. The van der Waals surface area contributed by atoms with Crippen molar-refractivity contribution in [2.45, 2.75) is 6.42 Å².